The number of halogens is 3. The van der Waals surface area contributed by atoms with Crippen LogP contribution in [0.1, 0.15) is 11.3 Å². The number of carbonyl (C=O) groups excluding carboxylic acids is 1. The molecule has 0 bridgehead atoms. The lowest BCUT2D eigenvalue weighted by Gasteiger charge is -2.28. The second-order valence-corrected chi connectivity index (χ2v) is 6.68. The van der Waals surface area contributed by atoms with E-state index < -0.39 is 17.8 Å². The fourth-order valence-electron chi connectivity index (χ4n) is 2.88. The number of alkyl halides is 3. The summed E-state index contributed by atoms with van der Waals surface area (Å²) in [4.78, 5) is 22.9. The smallest absolute Gasteiger partial charge is 0.378 e. The van der Waals surface area contributed by atoms with Gasteiger partial charge in [0.05, 0.1) is 18.8 Å². The Hall–Kier alpha value is -3.08. The fraction of sp³-hybridized carbons (Fsp3) is 0.421. The topological polar surface area (TPSA) is 91.4 Å². The van der Waals surface area contributed by atoms with Gasteiger partial charge in [-0.2, -0.15) is 18.2 Å². The lowest BCUT2D eigenvalue weighted by atomic mass is 10.2. The van der Waals surface area contributed by atoms with E-state index in [0.717, 1.165) is 36.7 Å². The number of morpholine rings is 1. The molecule has 1 aromatic carbocycles. The van der Waals surface area contributed by atoms with Crippen LogP contribution in [0.3, 0.4) is 0 Å². The minimum atomic E-state index is -4.47. The molecule has 162 valence electrons. The molecule has 0 aliphatic carbocycles. The van der Waals surface area contributed by atoms with Crippen molar-refractivity contribution < 1.29 is 22.7 Å². The maximum atomic E-state index is 12.7. The van der Waals surface area contributed by atoms with Crippen LogP contribution in [0.2, 0.25) is 0 Å². The third kappa shape index (κ3) is 6.21. The molecule has 0 spiro atoms. The molecule has 8 nitrogen and oxygen atoms in total. The van der Waals surface area contributed by atoms with Gasteiger partial charge in [0.25, 0.3) is 0 Å². The predicted octanol–water partition coefficient (Wildman–Crippen LogP) is 2.87. The van der Waals surface area contributed by atoms with Crippen LogP contribution < -0.4 is 20.9 Å². The second kappa shape index (κ2) is 9.61. The van der Waals surface area contributed by atoms with Crippen LogP contribution in [0.15, 0.2) is 30.3 Å². The Morgan fingerprint density at radius 2 is 1.93 bits per heavy atom. The normalized spacial score (nSPS) is 14.3. The molecule has 30 heavy (non-hydrogen) atoms. The molecular weight excluding hydrogens is 401 g/mol. The maximum Gasteiger partial charge on any atom is 0.416 e. The lowest BCUT2D eigenvalue weighted by molar-refractivity contribution is -0.137. The Bertz CT molecular complexity index is 872. The van der Waals surface area contributed by atoms with E-state index in [0.29, 0.717) is 25.7 Å². The van der Waals surface area contributed by atoms with Crippen molar-refractivity contribution in [3.63, 3.8) is 0 Å². The largest absolute Gasteiger partial charge is 0.416 e. The van der Waals surface area contributed by atoms with Crippen molar-refractivity contribution in [2.45, 2.75) is 13.1 Å². The van der Waals surface area contributed by atoms with Gasteiger partial charge in [-0.15, -0.1) is 0 Å². The Balaban J connectivity index is 1.47. The lowest BCUT2D eigenvalue weighted by Crippen LogP contribution is -2.37. The number of hydrogen-bond donors (Lipinski definition) is 3. The zero-order valence-corrected chi connectivity index (χ0v) is 16.4. The van der Waals surface area contributed by atoms with E-state index in [9.17, 15) is 18.0 Å². The third-order valence-corrected chi connectivity index (χ3v) is 4.32. The molecular formula is C19H23F3N6O2. The summed E-state index contributed by atoms with van der Waals surface area (Å²) in [6, 6.07) is 5.75. The highest BCUT2D eigenvalue weighted by atomic mass is 19.4. The summed E-state index contributed by atoms with van der Waals surface area (Å²) in [5, 5.41) is 8.00. The summed E-state index contributed by atoms with van der Waals surface area (Å²) in [6.45, 7) is 5.27. The molecule has 2 amide bonds. The molecule has 0 radical (unpaired) electrons. The zero-order valence-electron chi connectivity index (χ0n) is 16.4. The van der Waals surface area contributed by atoms with E-state index in [2.05, 4.69) is 30.8 Å². The standard InChI is InChI=1S/C19H23F3N6O2/c1-13-11-16(28-7-9-30-10-8-28)27-17(25-13)23-5-6-24-18(29)26-15-4-2-3-14(12-15)19(20,21)22/h2-4,11-12H,5-10H2,1H3,(H,23,25,27)(H2,24,26,29). The van der Waals surface area contributed by atoms with E-state index in [1.165, 1.54) is 12.1 Å². The Labute approximate surface area is 171 Å². The SMILES string of the molecule is Cc1cc(N2CCOCC2)nc(NCCNC(=O)Nc2cccc(C(F)(F)F)c2)n1. The molecule has 1 aliphatic rings. The first-order chi connectivity index (χ1) is 14.3. The van der Waals surface area contributed by atoms with Crippen molar-refractivity contribution in [3.05, 3.63) is 41.6 Å². The highest BCUT2D eigenvalue weighted by Crippen LogP contribution is 2.30. The van der Waals surface area contributed by atoms with E-state index in [1.54, 1.807) is 0 Å². The quantitative estimate of drug-likeness (QED) is 0.618. The third-order valence-electron chi connectivity index (χ3n) is 4.32. The van der Waals surface area contributed by atoms with Crippen LogP contribution in [0, 0.1) is 6.92 Å². The fourth-order valence-corrected chi connectivity index (χ4v) is 2.88. The Morgan fingerprint density at radius 1 is 1.17 bits per heavy atom. The first kappa shape index (κ1) is 21.6. The molecule has 2 aromatic rings. The number of nitrogens with one attached hydrogen (secondary N) is 3. The number of nitrogens with zero attached hydrogens (tertiary/aromatic N) is 3. The monoisotopic (exact) mass is 424 g/mol. The number of benzene rings is 1. The number of carbonyl (C=O) groups is 1. The van der Waals surface area contributed by atoms with Gasteiger partial charge in [0.2, 0.25) is 5.95 Å². The highest BCUT2D eigenvalue weighted by molar-refractivity contribution is 5.89. The van der Waals surface area contributed by atoms with Crippen molar-refractivity contribution in [2.24, 2.45) is 0 Å². The molecule has 0 unspecified atom stereocenters. The number of anilines is 3. The maximum absolute atomic E-state index is 12.7. The van der Waals surface area contributed by atoms with E-state index in [1.807, 2.05) is 13.0 Å². The highest BCUT2D eigenvalue weighted by Gasteiger charge is 2.30. The summed E-state index contributed by atoms with van der Waals surface area (Å²) in [6.07, 6.45) is -4.47. The summed E-state index contributed by atoms with van der Waals surface area (Å²) in [5.74, 6) is 1.25. The van der Waals surface area contributed by atoms with Crippen molar-refractivity contribution in [1.29, 1.82) is 0 Å². The van der Waals surface area contributed by atoms with Gasteiger partial charge in [0, 0.05) is 43.6 Å². The van der Waals surface area contributed by atoms with Crippen molar-refractivity contribution in [1.82, 2.24) is 15.3 Å². The second-order valence-electron chi connectivity index (χ2n) is 6.68. The van der Waals surface area contributed by atoms with Crippen LogP contribution in [-0.2, 0) is 10.9 Å². The summed E-state index contributed by atoms with van der Waals surface area (Å²) >= 11 is 0. The number of hydrogen-bond acceptors (Lipinski definition) is 6. The number of urea groups is 1. The number of ether oxygens (including phenoxy) is 1. The van der Waals surface area contributed by atoms with Crippen LogP contribution in [0.25, 0.3) is 0 Å². The predicted molar refractivity (Wildman–Crippen MR) is 107 cm³/mol. The molecule has 1 saturated heterocycles. The number of amides is 2. The van der Waals surface area contributed by atoms with Crippen LogP contribution in [0.5, 0.6) is 0 Å². The van der Waals surface area contributed by atoms with E-state index in [-0.39, 0.29) is 12.2 Å². The van der Waals surface area contributed by atoms with Crippen LogP contribution in [0.4, 0.5) is 35.4 Å². The molecule has 0 saturated carbocycles. The summed E-state index contributed by atoms with van der Waals surface area (Å²) < 4.78 is 43.5. The number of aryl methyl sites for hydroxylation is 1. The molecule has 3 rings (SSSR count). The zero-order chi connectivity index (χ0) is 21.6. The van der Waals surface area contributed by atoms with Gasteiger partial charge in [0.15, 0.2) is 0 Å². The minimum absolute atomic E-state index is 0.0625. The average Bonchev–Trinajstić information content (AvgIpc) is 2.71. The number of aromatic nitrogens is 2. The summed E-state index contributed by atoms with van der Waals surface area (Å²) in [5.41, 5.74) is 0.0475. The number of rotatable bonds is 6. The molecule has 3 N–H and O–H groups in total. The van der Waals surface area contributed by atoms with Gasteiger partial charge < -0.3 is 25.6 Å². The molecule has 1 aliphatic heterocycles. The molecule has 1 fully saturated rings. The minimum Gasteiger partial charge on any atom is -0.378 e. The van der Waals surface area contributed by atoms with Crippen molar-refractivity contribution >= 4 is 23.5 Å². The summed E-state index contributed by atoms with van der Waals surface area (Å²) in [7, 11) is 0. The first-order valence-electron chi connectivity index (χ1n) is 9.45. The van der Waals surface area contributed by atoms with E-state index >= 15 is 0 Å². The first-order valence-corrected chi connectivity index (χ1v) is 9.45. The van der Waals surface area contributed by atoms with Gasteiger partial charge in [-0.1, -0.05) is 6.07 Å². The van der Waals surface area contributed by atoms with Crippen molar-refractivity contribution in [3.8, 4) is 0 Å². The van der Waals surface area contributed by atoms with Gasteiger partial charge in [-0.3, -0.25) is 0 Å². The Morgan fingerprint density at radius 3 is 2.67 bits per heavy atom. The van der Waals surface area contributed by atoms with Crippen LogP contribution in [-0.4, -0.2) is 55.4 Å². The molecule has 2 heterocycles. The molecule has 11 heteroatoms. The Kier molecular flexibility index (Phi) is 6.93. The molecule has 1 aromatic heterocycles. The van der Waals surface area contributed by atoms with Gasteiger partial charge >= 0.3 is 12.2 Å². The average molecular weight is 424 g/mol. The van der Waals surface area contributed by atoms with Gasteiger partial charge in [-0.25, -0.2) is 9.78 Å². The van der Waals surface area contributed by atoms with Gasteiger partial charge in [0.1, 0.15) is 5.82 Å². The van der Waals surface area contributed by atoms with Crippen LogP contribution >= 0.6 is 0 Å². The van der Waals surface area contributed by atoms with Gasteiger partial charge in [-0.05, 0) is 25.1 Å². The van der Waals surface area contributed by atoms with Crippen molar-refractivity contribution in [2.75, 3.05) is 54.9 Å². The molecule has 0 atom stereocenters. The van der Waals surface area contributed by atoms with E-state index in [4.69, 9.17) is 4.74 Å².